The van der Waals surface area contributed by atoms with E-state index >= 15 is 0 Å². The third-order valence-corrected chi connectivity index (χ3v) is 3.90. The zero-order chi connectivity index (χ0) is 12.8. The summed E-state index contributed by atoms with van der Waals surface area (Å²) in [5.41, 5.74) is 6.44. The summed E-state index contributed by atoms with van der Waals surface area (Å²) < 4.78 is 0. The molecule has 0 saturated carbocycles. The number of nitrogen functional groups attached to an aromatic ring is 1. The molecule has 0 bridgehead atoms. The van der Waals surface area contributed by atoms with Crippen LogP contribution in [0.5, 0.6) is 0 Å². The Labute approximate surface area is 111 Å². The average molecular weight is 273 g/mol. The zero-order valence-electron chi connectivity index (χ0n) is 10.00. The second-order valence-electron chi connectivity index (χ2n) is 3.71. The molecule has 3 nitrogen and oxygen atoms in total. The molecule has 1 amide bonds. The van der Waals surface area contributed by atoms with Gasteiger partial charge in [0.05, 0.1) is 10.3 Å². The third-order valence-electron chi connectivity index (χ3n) is 2.21. The minimum atomic E-state index is -0.205. The van der Waals surface area contributed by atoms with Crippen LogP contribution in [0.4, 0.5) is 5.69 Å². The summed E-state index contributed by atoms with van der Waals surface area (Å²) in [5, 5.41) is 3.23. The van der Waals surface area contributed by atoms with Crippen molar-refractivity contribution in [2.45, 2.75) is 30.4 Å². The van der Waals surface area contributed by atoms with Gasteiger partial charge in [-0.05, 0) is 25.5 Å². The number of hydrogen-bond acceptors (Lipinski definition) is 3. The van der Waals surface area contributed by atoms with E-state index in [0.29, 0.717) is 17.3 Å². The maximum absolute atomic E-state index is 11.7. The fraction of sp³-hybridized carbons (Fsp3) is 0.417. The molecule has 0 aliphatic heterocycles. The van der Waals surface area contributed by atoms with Crippen molar-refractivity contribution < 1.29 is 4.79 Å². The second kappa shape index (κ2) is 6.77. The van der Waals surface area contributed by atoms with Gasteiger partial charge in [0.2, 0.25) is 5.91 Å². The van der Waals surface area contributed by atoms with Gasteiger partial charge in [0.25, 0.3) is 0 Å². The second-order valence-corrected chi connectivity index (χ2v) is 5.47. The minimum absolute atomic E-state index is 0.0103. The molecule has 0 saturated heterocycles. The highest BCUT2D eigenvalue weighted by Crippen LogP contribution is 2.35. The summed E-state index contributed by atoms with van der Waals surface area (Å²) in [6.45, 7) is 4.56. The molecular formula is C12H17ClN2OS. The Morgan fingerprint density at radius 2 is 2.29 bits per heavy atom. The Hall–Kier alpha value is -0.870. The maximum Gasteiger partial charge on any atom is 0.233 e. The molecule has 1 rings (SSSR count). The van der Waals surface area contributed by atoms with Crippen molar-refractivity contribution in [2.75, 3.05) is 12.3 Å². The number of carbonyl (C=O) groups is 1. The van der Waals surface area contributed by atoms with Gasteiger partial charge in [-0.15, -0.1) is 11.8 Å². The number of anilines is 1. The van der Waals surface area contributed by atoms with Crippen molar-refractivity contribution >= 4 is 35.0 Å². The van der Waals surface area contributed by atoms with E-state index in [-0.39, 0.29) is 11.2 Å². The molecule has 0 aliphatic carbocycles. The van der Waals surface area contributed by atoms with E-state index in [1.165, 1.54) is 11.8 Å². The van der Waals surface area contributed by atoms with Crippen LogP contribution in [0.3, 0.4) is 0 Å². The molecule has 94 valence electrons. The summed E-state index contributed by atoms with van der Waals surface area (Å²) in [6, 6.07) is 5.35. The Morgan fingerprint density at radius 3 is 2.88 bits per heavy atom. The lowest BCUT2D eigenvalue weighted by Crippen LogP contribution is -2.31. The molecule has 0 radical (unpaired) electrons. The lowest BCUT2D eigenvalue weighted by atomic mass is 10.3. The van der Waals surface area contributed by atoms with Crippen LogP contribution in [0.1, 0.15) is 20.3 Å². The summed E-state index contributed by atoms with van der Waals surface area (Å²) in [4.78, 5) is 12.5. The first-order valence-electron chi connectivity index (χ1n) is 5.54. The molecular weight excluding hydrogens is 256 g/mol. The van der Waals surface area contributed by atoms with E-state index in [4.69, 9.17) is 17.3 Å². The minimum Gasteiger partial charge on any atom is -0.398 e. The highest BCUT2D eigenvalue weighted by atomic mass is 35.5. The lowest BCUT2D eigenvalue weighted by Gasteiger charge is -2.13. The monoisotopic (exact) mass is 272 g/mol. The van der Waals surface area contributed by atoms with Crippen molar-refractivity contribution in [1.82, 2.24) is 5.32 Å². The first kappa shape index (κ1) is 14.2. The number of rotatable bonds is 5. The van der Waals surface area contributed by atoms with Gasteiger partial charge in [0.1, 0.15) is 0 Å². The molecule has 5 heteroatoms. The van der Waals surface area contributed by atoms with Crippen molar-refractivity contribution in [3.05, 3.63) is 23.2 Å². The van der Waals surface area contributed by atoms with Gasteiger partial charge in [-0.3, -0.25) is 4.79 Å². The van der Waals surface area contributed by atoms with Gasteiger partial charge in [0, 0.05) is 17.1 Å². The predicted molar refractivity (Wildman–Crippen MR) is 74.5 cm³/mol. The lowest BCUT2D eigenvalue weighted by molar-refractivity contribution is -0.120. The van der Waals surface area contributed by atoms with Crippen LogP contribution in [-0.4, -0.2) is 17.7 Å². The van der Waals surface area contributed by atoms with Crippen molar-refractivity contribution in [3.8, 4) is 0 Å². The fourth-order valence-corrected chi connectivity index (χ4v) is 2.52. The number of nitrogens with two attached hydrogens (primary N) is 1. The Balaban J connectivity index is 2.67. The summed E-state index contributed by atoms with van der Waals surface area (Å²) in [6.07, 6.45) is 0.928. The van der Waals surface area contributed by atoms with Gasteiger partial charge in [-0.2, -0.15) is 0 Å². The quantitative estimate of drug-likeness (QED) is 0.640. The van der Waals surface area contributed by atoms with Crippen LogP contribution < -0.4 is 11.1 Å². The normalized spacial score (nSPS) is 12.2. The number of carbonyl (C=O) groups excluding carboxylic acids is 1. The molecule has 17 heavy (non-hydrogen) atoms. The Bertz CT molecular complexity index is 378. The van der Waals surface area contributed by atoms with E-state index in [1.54, 1.807) is 18.2 Å². The van der Waals surface area contributed by atoms with Gasteiger partial charge < -0.3 is 11.1 Å². The van der Waals surface area contributed by atoms with Gasteiger partial charge >= 0.3 is 0 Å². The molecule has 0 fully saturated rings. The van der Waals surface area contributed by atoms with Crippen LogP contribution in [0.15, 0.2) is 23.1 Å². The van der Waals surface area contributed by atoms with Gasteiger partial charge in [0.15, 0.2) is 0 Å². The largest absolute Gasteiger partial charge is 0.398 e. The summed E-state index contributed by atoms with van der Waals surface area (Å²) in [5.74, 6) is 0.0103. The standard InChI is InChI=1S/C12H17ClN2OS/c1-3-7-15-12(16)8(2)17-11-9(13)5-4-6-10(11)14/h4-6,8H,3,7,14H2,1-2H3,(H,15,16). The molecule has 1 unspecified atom stereocenters. The molecule has 0 spiro atoms. The van der Waals surface area contributed by atoms with Crippen molar-refractivity contribution in [1.29, 1.82) is 0 Å². The Morgan fingerprint density at radius 1 is 1.59 bits per heavy atom. The molecule has 1 aromatic carbocycles. The summed E-state index contributed by atoms with van der Waals surface area (Å²) in [7, 11) is 0. The number of nitrogens with one attached hydrogen (secondary N) is 1. The van der Waals surface area contributed by atoms with Gasteiger partial charge in [-0.1, -0.05) is 24.6 Å². The molecule has 1 aromatic rings. The smallest absolute Gasteiger partial charge is 0.233 e. The molecule has 0 aromatic heterocycles. The molecule has 0 heterocycles. The van der Waals surface area contributed by atoms with Crippen LogP contribution in [0.2, 0.25) is 5.02 Å². The highest BCUT2D eigenvalue weighted by Gasteiger charge is 2.16. The Kier molecular flexibility index (Phi) is 5.65. The van der Waals surface area contributed by atoms with E-state index in [9.17, 15) is 4.79 Å². The number of thioether (sulfide) groups is 1. The first-order valence-corrected chi connectivity index (χ1v) is 6.80. The maximum atomic E-state index is 11.7. The SMILES string of the molecule is CCCNC(=O)C(C)Sc1c(N)cccc1Cl. The summed E-state index contributed by atoms with van der Waals surface area (Å²) >= 11 is 7.44. The van der Waals surface area contributed by atoms with E-state index < -0.39 is 0 Å². The van der Waals surface area contributed by atoms with Crippen molar-refractivity contribution in [3.63, 3.8) is 0 Å². The third kappa shape index (κ3) is 4.13. The topological polar surface area (TPSA) is 55.1 Å². The number of hydrogen-bond donors (Lipinski definition) is 2. The molecule has 0 aliphatic rings. The number of benzene rings is 1. The first-order chi connectivity index (χ1) is 8.06. The highest BCUT2D eigenvalue weighted by molar-refractivity contribution is 8.00. The fourth-order valence-electron chi connectivity index (χ4n) is 1.27. The zero-order valence-corrected chi connectivity index (χ0v) is 11.6. The van der Waals surface area contributed by atoms with Crippen LogP contribution in [0, 0.1) is 0 Å². The van der Waals surface area contributed by atoms with Crippen molar-refractivity contribution in [2.24, 2.45) is 0 Å². The van der Waals surface area contributed by atoms with Crippen LogP contribution >= 0.6 is 23.4 Å². The predicted octanol–water partition coefficient (Wildman–Crippen LogP) is 2.93. The van der Waals surface area contributed by atoms with E-state index in [0.717, 1.165) is 11.3 Å². The number of amides is 1. The van der Waals surface area contributed by atoms with Crippen LogP contribution in [-0.2, 0) is 4.79 Å². The van der Waals surface area contributed by atoms with Gasteiger partial charge in [-0.25, -0.2) is 0 Å². The molecule has 3 N–H and O–H groups in total. The van der Waals surface area contributed by atoms with Crippen LogP contribution in [0.25, 0.3) is 0 Å². The number of halogens is 1. The average Bonchev–Trinajstić information content (AvgIpc) is 2.30. The van der Waals surface area contributed by atoms with E-state index in [2.05, 4.69) is 5.32 Å². The van der Waals surface area contributed by atoms with E-state index in [1.807, 2.05) is 13.8 Å². The molecule has 1 atom stereocenters.